The van der Waals surface area contributed by atoms with E-state index in [4.69, 9.17) is 11.6 Å². The van der Waals surface area contributed by atoms with Crippen LogP contribution in [0.5, 0.6) is 0 Å². The molecule has 1 amide bonds. The first-order valence-corrected chi connectivity index (χ1v) is 7.56. The molecular formula is C17H17ClN2O. The molecule has 1 aromatic carbocycles. The summed E-state index contributed by atoms with van der Waals surface area (Å²) in [5, 5.41) is 3.92. The van der Waals surface area contributed by atoms with E-state index in [0.717, 1.165) is 31.2 Å². The number of pyridine rings is 1. The summed E-state index contributed by atoms with van der Waals surface area (Å²) in [4.78, 5) is 16.5. The van der Waals surface area contributed by atoms with Crippen LogP contribution >= 0.6 is 11.6 Å². The molecule has 108 valence electrons. The van der Waals surface area contributed by atoms with E-state index in [1.165, 1.54) is 0 Å². The van der Waals surface area contributed by atoms with Crippen molar-refractivity contribution < 1.29 is 4.79 Å². The maximum absolute atomic E-state index is 12.5. The van der Waals surface area contributed by atoms with Crippen molar-refractivity contribution in [1.29, 1.82) is 0 Å². The molecule has 0 bridgehead atoms. The summed E-state index contributed by atoms with van der Waals surface area (Å²) < 4.78 is 0. The number of rotatable bonds is 3. The van der Waals surface area contributed by atoms with Crippen molar-refractivity contribution in [3.05, 3.63) is 64.9 Å². The molecule has 1 aromatic heterocycles. The minimum atomic E-state index is -0.308. The maximum atomic E-state index is 12.5. The van der Waals surface area contributed by atoms with Crippen molar-refractivity contribution in [1.82, 2.24) is 10.3 Å². The molecule has 3 nitrogen and oxygen atoms in total. The van der Waals surface area contributed by atoms with Crippen LogP contribution in [0.1, 0.15) is 41.6 Å². The highest BCUT2D eigenvalue weighted by atomic mass is 35.5. The number of amides is 1. The van der Waals surface area contributed by atoms with Crippen molar-refractivity contribution in [2.45, 2.75) is 31.2 Å². The highest BCUT2D eigenvalue weighted by Gasteiger charge is 2.37. The number of hydrogen-bond acceptors (Lipinski definition) is 2. The fraction of sp³-hybridized carbons (Fsp3) is 0.294. The van der Waals surface area contributed by atoms with E-state index in [-0.39, 0.29) is 11.4 Å². The summed E-state index contributed by atoms with van der Waals surface area (Å²) in [6.45, 7) is 0. The highest BCUT2D eigenvalue weighted by Crippen LogP contribution is 2.39. The average Bonchev–Trinajstić information content (AvgIpc) is 2.98. The molecule has 2 aromatic rings. The molecule has 1 aliphatic rings. The third kappa shape index (κ3) is 2.93. The lowest BCUT2D eigenvalue weighted by molar-refractivity contribution is 0.0898. The summed E-state index contributed by atoms with van der Waals surface area (Å²) in [5.74, 6) is -0.0787. The van der Waals surface area contributed by atoms with Gasteiger partial charge in [0.1, 0.15) is 0 Å². The summed E-state index contributed by atoms with van der Waals surface area (Å²) in [7, 11) is 0. The zero-order valence-corrected chi connectivity index (χ0v) is 12.4. The van der Waals surface area contributed by atoms with Crippen LogP contribution in [0.15, 0.2) is 48.8 Å². The first kappa shape index (κ1) is 14.1. The molecule has 3 rings (SSSR count). The predicted octanol–water partition coefficient (Wildman–Crippen LogP) is 3.93. The molecule has 0 unspecified atom stereocenters. The molecule has 0 atom stereocenters. The van der Waals surface area contributed by atoms with Crippen molar-refractivity contribution in [2.24, 2.45) is 0 Å². The second-order valence-corrected chi connectivity index (χ2v) is 5.93. The monoisotopic (exact) mass is 300 g/mol. The second kappa shape index (κ2) is 5.86. The first-order chi connectivity index (χ1) is 10.2. The molecule has 4 heteroatoms. The standard InChI is InChI=1S/C17H17ClN2O/c18-15-7-3-6-14(11-15)17(8-1-2-9-17)20-16(21)13-5-4-10-19-12-13/h3-7,10-12H,1-2,8-9H2,(H,20,21). The minimum Gasteiger partial charge on any atom is -0.342 e. The molecule has 1 heterocycles. The van der Waals surface area contributed by atoms with Gasteiger partial charge in [-0.15, -0.1) is 0 Å². The molecule has 1 saturated carbocycles. The Bertz CT molecular complexity index is 636. The van der Waals surface area contributed by atoms with E-state index in [0.29, 0.717) is 10.6 Å². The first-order valence-electron chi connectivity index (χ1n) is 7.18. The lowest BCUT2D eigenvalue weighted by Gasteiger charge is -2.31. The number of halogens is 1. The van der Waals surface area contributed by atoms with Crippen molar-refractivity contribution in [3.63, 3.8) is 0 Å². The van der Waals surface area contributed by atoms with E-state index in [1.807, 2.05) is 24.3 Å². The van der Waals surface area contributed by atoms with E-state index in [1.54, 1.807) is 24.5 Å². The Morgan fingerprint density at radius 3 is 2.67 bits per heavy atom. The van der Waals surface area contributed by atoms with Crippen molar-refractivity contribution in [2.75, 3.05) is 0 Å². The number of nitrogens with one attached hydrogen (secondary N) is 1. The Kier molecular flexibility index (Phi) is 3.93. The zero-order valence-electron chi connectivity index (χ0n) is 11.7. The van der Waals surface area contributed by atoms with Crippen LogP contribution in [0.2, 0.25) is 5.02 Å². The maximum Gasteiger partial charge on any atom is 0.253 e. The Hall–Kier alpha value is -1.87. The predicted molar refractivity (Wildman–Crippen MR) is 83.3 cm³/mol. The van der Waals surface area contributed by atoms with Crippen molar-refractivity contribution >= 4 is 17.5 Å². The molecule has 21 heavy (non-hydrogen) atoms. The van der Waals surface area contributed by atoms with Gasteiger partial charge < -0.3 is 5.32 Å². The summed E-state index contributed by atoms with van der Waals surface area (Å²) >= 11 is 6.12. The second-order valence-electron chi connectivity index (χ2n) is 5.50. The number of aromatic nitrogens is 1. The van der Waals surface area contributed by atoms with Gasteiger partial charge in [0.2, 0.25) is 0 Å². The number of carbonyl (C=O) groups is 1. The van der Waals surface area contributed by atoms with Crippen LogP contribution < -0.4 is 5.32 Å². The van der Waals surface area contributed by atoms with Gasteiger partial charge in [-0.25, -0.2) is 0 Å². The van der Waals surface area contributed by atoms with Crippen LogP contribution in [0.4, 0.5) is 0 Å². The third-order valence-electron chi connectivity index (χ3n) is 4.11. The Labute approximate surface area is 129 Å². The van der Waals surface area contributed by atoms with Crippen molar-refractivity contribution in [3.8, 4) is 0 Å². The summed E-state index contributed by atoms with van der Waals surface area (Å²) in [5.41, 5.74) is 1.37. The van der Waals surface area contributed by atoms with Gasteiger partial charge in [-0.2, -0.15) is 0 Å². The molecule has 0 spiro atoms. The van der Waals surface area contributed by atoms with E-state index in [2.05, 4.69) is 10.3 Å². The van der Waals surface area contributed by atoms with E-state index >= 15 is 0 Å². The number of benzene rings is 1. The topological polar surface area (TPSA) is 42.0 Å². The van der Waals surface area contributed by atoms with Gasteiger partial charge in [-0.3, -0.25) is 9.78 Å². The molecule has 0 saturated heterocycles. The van der Waals surface area contributed by atoms with Crippen LogP contribution in [-0.4, -0.2) is 10.9 Å². The molecule has 1 N–H and O–H groups in total. The zero-order chi connectivity index (χ0) is 14.7. The third-order valence-corrected chi connectivity index (χ3v) is 4.35. The summed E-state index contributed by atoms with van der Waals surface area (Å²) in [6, 6.07) is 11.3. The largest absolute Gasteiger partial charge is 0.342 e. The number of carbonyl (C=O) groups excluding carboxylic acids is 1. The van der Waals surface area contributed by atoms with Gasteiger partial charge in [-0.1, -0.05) is 36.6 Å². The SMILES string of the molecule is O=C(NC1(c2cccc(Cl)c2)CCCC1)c1cccnc1. The number of hydrogen-bond donors (Lipinski definition) is 1. The normalized spacial score (nSPS) is 16.6. The minimum absolute atomic E-state index is 0.0787. The molecule has 1 fully saturated rings. The average molecular weight is 301 g/mol. The highest BCUT2D eigenvalue weighted by molar-refractivity contribution is 6.30. The molecule has 1 aliphatic carbocycles. The Morgan fingerprint density at radius 2 is 2.00 bits per heavy atom. The fourth-order valence-corrected chi connectivity index (χ4v) is 3.23. The van der Waals surface area contributed by atoms with Gasteiger partial charge in [0.25, 0.3) is 5.91 Å². The van der Waals surface area contributed by atoms with Gasteiger partial charge in [0.15, 0.2) is 0 Å². The Morgan fingerprint density at radius 1 is 1.19 bits per heavy atom. The lowest BCUT2D eigenvalue weighted by Crippen LogP contribution is -2.43. The van der Waals surface area contributed by atoms with Gasteiger partial charge >= 0.3 is 0 Å². The van der Waals surface area contributed by atoms with Crippen LogP contribution in [0.3, 0.4) is 0 Å². The quantitative estimate of drug-likeness (QED) is 0.933. The van der Waals surface area contributed by atoms with Gasteiger partial charge in [0.05, 0.1) is 11.1 Å². The van der Waals surface area contributed by atoms with Crippen LogP contribution in [0, 0.1) is 0 Å². The van der Waals surface area contributed by atoms with Crippen LogP contribution in [0.25, 0.3) is 0 Å². The molecular weight excluding hydrogens is 284 g/mol. The molecule has 0 aliphatic heterocycles. The summed E-state index contributed by atoms with van der Waals surface area (Å²) in [6.07, 6.45) is 7.37. The molecule has 0 radical (unpaired) electrons. The van der Waals surface area contributed by atoms with Gasteiger partial charge in [-0.05, 0) is 42.7 Å². The van der Waals surface area contributed by atoms with E-state index < -0.39 is 0 Å². The fourth-order valence-electron chi connectivity index (χ4n) is 3.04. The smallest absolute Gasteiger partial charge is 0.253 e. The van der Waals surface area contributed by atoms with Crippen LogP contribution in [-0.2, 0) is 5.54 Å². The Balaban J connectivity index is 1.90. The van der Waals surface area contributed by atoms with E-state index in [9.17, 15) is 4.79 Å². The lowest BCUT2D eigenvalue weighted by atomic mass is 9.88. The van der Waals surface area contributed by atoms with Gasteiger partial charge in [0, 0.05) is 17.4 Å². The number of nitrogens with zero attached hydrogens (tertiary/aromatic N) is 1.